The predicted octanol–water partition coefficient (Wildman–Crippen LogP) is 4.35. The first-order chi connectivity index (χ1) is 7.93. The number of benzene rings is 1. The summed E-state index contributed by atoms with van der Waals surface area (Å²) in [5.74, 6) is 1.05. The van der Waals surface area contributed by atoms with E-state index in [0.717, 1.165) is 6.42 Å². The van der Waals surface area contributed by atoms with Gasteiger partial charge >= 0.3 is 0 Å². The summed E-state index contributed by atoms with van der Waals surface area (Å²) in [6, 6.07) is 6.71. The molecule has 0 bridgehead atoms. The largest absolute Gasteiger partial charge is 0.252 e. The van der Waals surface area contributed by atoms with Crippen LogP contribution >= 0.6 is 0 Å². The van der Waals surface area contributed by atoms with E-state index in [9.17, 15) is 0 Å². The van der Waals surface area contributed by atoms with Crippen LogP contribution in [0, 0.1) is 0 Å². The lowest BCUT2D eigenvalue weighted by molar-refractivity contribution is -0.273. The van der Waals surface area contributed by atoms with Gasteiger partial charge in [0, 0.05) is 6.42 Å². The van der Waals surface area contributed by atoms with Crippen molar-refractivity contribution in [1.82, 2.24) is 0 Å². The Hall–Kier alpha value is -0.860. The molecule has 1 N–H and O–H groups in total. The van der Waals surface area contributed by atoms with Crippen molar-refractivity contribution in [2.75, 3.05) is 0 Å². The van der Waals surface area contributed by atoms with Crippen molar-refractivity contribution in [1.29, 1.82) is 0 Å². The monoisotopic (exact) mass is 236 g/mol. The van der Waals surface area contributed by atoms with Gasteiger partial charge in [0.05, 0.1) is 6.10 Å². The second kappa shape index (κ2) is 6.18. The Bertz CT molecular complexity index is 330. The van der Waals surface area contributed by atoms with Gasteiger partial charge in [0.25, 0.3) is 0 Å². The summed E-state index contributed by atoms with van der Waals surface area (Å²) in [5, 5.41) is 8.65. The van der Waals surface area contributed by atoms with E-state index in [4.69, 9.17) is 5.26 Å². The van der Waals surface area contributed by atoms with Crippen LogP contribution in [-0.4, -0.2) is 11.4 Å². The molecule has 1 atom stereocenters. The zero-order chi connectivity index (χ0) is 13.0. The molecule has 1 aromatic rings. The zero-order valence-electron chi connectivity index (χ0n) is 11.5. The van der Waals surface area contributed by atoms with Crippen molar-refractivity contribution in [3.63, 3.8) is 0 Å². The van der Waals surface area contributed by atoms with Gasteiger partial charge in [-0.2, -0.15) is 0 Å². The third-order valence-electron chi connectivity index (χ3n) is 3.07. The maximum atomic E-state index is 8.65. The maximum absolute atomic E-state index is 8.65. The molecule has 0 aromatic heterocycles. The van der Waals surface area contributed by atoms with Crippen LogP contribution in [-0.2, 0) is 11.3 Å². The fraction of sp³-hybridized carbons (Fsp3) is 0.600. The van der Waals surface area contributed by atoms with Crippen molar-refractivity contribution in [2.45, 2.75) is 59.0 Å². The second-order valence-electron chi connectivity index (χ2n) is 5.44. The van der Waals surface area contributed by atoms with E-state index in [2.05, 4.69) is 50.8 Å². The van der Waals surface area contributed by atoms with Crippen LogP contribution in [0.1, 0.15) is 63.1 Å². The normalized spacial score (nSPS) is 13.4. The fourth-order valence-electron chi connectivity index (χ4n) is 1.90. The molecule has 0 saturated heterocycles. The molecule has 0 heterocycles. The lowest BCUT2D eigenvalue weighted by atomic mass is 9.92. The number of hydrogen-bond acceptors (Lipinski definition) is 2. The third kappa shape index (κ3) is 4.14. The maximum Gasteiger partial charge on any atom is 0.0939 e. The molecule has 0 spiro atoms. The molecular weight excluding hydrogens is 212 g/mol. The molecule has 0 saturated carbocycles. The van der Waals surface area contributed by atoms with Crippen LogP contribution in [0.25, 0.3) is 0 Å². The summed E-state index contributed by atoms with van der Waals surface area (Å²) >= 11 is 0. The number of hydrogen-bond donors (Lipinski definition) is 1. The molecule has 0 fully saturated rings. The van der Waals surface area contributed by atoms with E-state index in [1.165, 1.54) is 16.7 Å². The average molecular weight is 236 g/mol. The summed E-state index contributed by atoms with van der Waals surface area (Å²) in [6.45, 7) is 10.7. The summed E-state index contributed by atoms with van der Waals surface area (Å²) in [7, 11) is 0. The Morgan fingerprint density at radius 1 is 0.941 bits per heavy atom. The fourth-order valence-corrected chi connectivity index (χ4v) is 1.90. The van der Waals surface area contributed by atoms with Crippen molar-refractivity contribution < 1.29 is 10.1 Å². The molecule has 0 radical (unpaired) electrons. The van der Waals surface area contributed by atoms with Crippen LogP contribution in [0.4, 0.5) is 0 Å². The Balaban J connectivity index is 3.03. The minimum absolute atomic E-state index is 0.155. The molecule has 1 rings (SSSR count). The van der Waals surface area contributed by atoms with E-state index in [1.54, 1.807) is 0 Å². The Kier molecular flexibility index (Phi) is 5.16. The second-order valence-corrected chi connectivity index (χ2v) is 5.44. The van der Waals surface area contributed by atoms with Gasteiger partial charge in [-0.05, 0) is 35.4 Å². The quantitative estimate of drug-likeness (QED) is 0.608. The highest BCUT2D eigenvalue weighted by Crippen LogP contribution is 2.24. The zero-order valence-corrected chi connectivity index (χ0v) is 11.5. The predicted molar refractivity (Wildman–Crippen MR) is 71.5 cm³/mol. The van der Waals surface area contributed by atoms with Crippen molar-refractivity contribution in [3.05, 3.63) is 34.9 Å². The lowest BCUT2D eigenvalue weighted by Gasteiger charge is -2.15. The number of rotatable bonds is 5. The van der Waals surface area contributed by atoms with Gasteiger partial charge in [-0.3, -0.25) is 5.26 Å². The van der Waals surface area contributed by atoms with Crippen LogP contribution in [0.3, 0.4) is 0 Å². The first-order valence-electron chi connectivity index (χ1n) is 6.38. The Morgan fingerprint density at radius 3 is 1.76 bits per heavy atom. The minimum Gasteiger partial charge on any atom is -0.252 e. The molecule has 2 heteroatoms. The van der Waals surface area contributed by atoms with Crippen LogP contribution < -0.4 is 0 Å². The Labute approximate surface area is 105 Å². The third-order valence-corrected chi connectivity index (χ3v) is 3.07. The molecule has 0 aliphatic rings. The molecule has 17 heavy (non-hydrogen) atoms. The smallest absolute Gasteiger partial charge is 0.0939 e. The lowest BCUT2D eigenvalue weighted by Crippen LogP contribution is -2.10. The first-order valence-corrected chi connectivity index (χ1v) is 6.38. The topological polar surface area (TPSA) is 29.5 Å². The summed E-state index contributed by atoms with van der Waals surface area (Å²) in [6.07, 6.45) is 0.592. The molecule has 1 unspecified atom stereocenters. The average Bonchev–Trinajstić information content (AvgIpc) is 2.28. The Morgan fingerprint density at radius 2 is 1.41 bits per heavy atom. The molecule has 0 aliphatic heterocycles. The summed E-state index contributed by atoms with van der Waals surface area (Å²) in [4.78, 5) is 4.35. The summed E-state index contributed by atoms with van der Waals surface area (Å²) < 4.78 is 0. The van der Waals surface area contributed by atoms with E-state index in [0.29, 0.717) is 11.8 Å². The van der Waals surface area contributed by atoms with E-state index < -0.39 is 0 Å². The molecular formula is C15H24O2. The van der Waals surface area contributed by atoms with Gasteiger partial charge < -0.3 is 0 Å². The minimum atomic E-state index is -0.155. The van der Waals surface area contributed by atoms with Crippen molar-refractivity contribution in [2.24, 2.45) is 0 Å². The van der Waals surface area contributed by atoms with E-state index in [1.807, 2.05) is 6.92 Å². The van der Waals surface area contributed by atoms with Gasteiger partial charge in [0.1, 0.15) is 0 Å². The van der Waals surface area contributed by atoms with E-state index >= 15 is 0 Å². The highest BCUT2D eigenvalue weighted by Gasteiger charge is 2.10. The molecule has 1 aromatic carbocycles. The van der Waals surface area contributed by atoms with Gasteiger partial charge in [-0.1, -0.05) is 45.9 Å². The SMILES string of the molecule is CC(Cc1cc(C(C)C)cc(C(C)C)c1)OO. The van der Waals surface area contributed by atoms with Gasteiger partial charge in [0.15, 0.2) is 0 Å². The van der Waals surface area contributed by atoms with Gasteiger partial charge in [0.2, 0.25) is 0 Å². The summed E-state index contributed by atoms with van der Waals surface area (Å²) in [5.41, 5.74) is 3.95. The van der Waals surface area contributed by atoms with Crippen LogP contribution in [0.2, 0.25) is 0 Å². The highest BCUT2D eigenvalue weighted by atomic mass is 17.1. The van der Waals surface area contributed by atoms with Gasteiger partial charge in [-0.25, -0.2) is 4.89 Å². The van der Waals surface area contributed by atoms with E-state index in [-0.39, 0.29) is 6.10 Å². The van der Waals surface area contributed by atoms with Gasteiger partial charge in [-0.15, -0.1) is 0 Å². The standard InChI is InChI=1S/C15H24O2/c1-10(2)14-7-13(6-12(5)17-16)8-15(9-14)11(3)4/h7-12,16H,6H2,1-5H3. The van der Waals surface area contributed by atoms with Crippen LogP contribution in [0.15, 0.2) is 18.2 Å². The molecule has 0 aliphatic carbocycles. The van der Waals surface area contributed by atoms with Crippen molar-refractivity contribution >= 4 is 0 Å². The van der Waals surface area contributed by atoms with Crippen molar-refractivity contribution in [3.8, 4) is 0 Å². The van der Waals surface area contributed by atoms with Crippen LogP contribution in [0.5, 0.6) is 0 Å². The highest BCUT2D eigenvalue weighted by molar-refractivity contribution is 5.34. The molecule has 0 amide bonds. The first kappa shape index (κ1) is 14.2. The molecule has 2 nitrogen and oxygen atoms in total. The molecule has 96 valence electrons.